The predicted octanol–water partition coefficient (Wildman–Crippen LogP) is 3.28. The van der Waals surface area contributed by atoms with Gasteiger partial charge in [0, 0.05) is 35.8 Å². The topological polar surface area (TPSA) is 87.4 Å². The largest absolute Gasteiger partial charge is 0.464 e. The van der Waals surface area contributed by atoms with E-state index >= 15 is 0 Å². The van der Waals surface area contributed by atoms with Crippen molar-refractivity contribution in [3.63, 3.8) is 0 Å². The molecular formula is C20H17N3O3. The van der Waals surface area contributed by atoms with Crippen LogP contribution < -0.4 is 10.6 Å². The van der Waals surface area contributed by atoms with Gasteiger partial charge in [0.05, 0.1) is 11.8 Å². The number of para-hydroxylation sites is 1. The van der Waals surface area contributed by atoms with Crippen molar-refractivity contribution < 1.29 is 14.3 Å². The lowest BCUT2D eigenvalue weighted by atomic mass is 10.1. The van der Waals surface area contributed by atoms with E-state index in [1.54, 1.807) is 18.7 Å². The van der Waals surface area contributed by atoms with Crippen LogP contribution in [0.15, 0.2) is 65.5 Å². The first kappa shape index (κ1) is 16.1. The number of carbonyl (C=O) groups excluding carboxylic acids is 1. The van der Waals surface area contributed by atoms with E-state index in [0.717, 1.165) is 22.4 Å². The van der Waals surface area contributed by atoms with Crippen molar-refractivity contribution in [1.29, 1.82) is 0 Å². The van der Waals surface area contributed by atoms with Crippen molar-refractivity contribution in [2.45, 2.75) is 6.42 Å². The molecule has 6 heteroatoms. The number of anilines is 2. The number of pyridine rings is 1. The Bertz CT molecular complexity index is 978. The molecule has 1 amide bonds. The maximum absolute atomic E-state index is 12.3. The summed E-state index contributed by atoms with van der Waals surface area (Å²) in [4.78, 5) is 16.7. The Morgan fingerprint density at radius 2 is 2.12 bits per heavy atom. The van der Waals surface area contributed by atoms with Crippen molar-refractivity contribution in [2.75, 3.05) is 17.2 Å². The SMILES string of the molecule is O=C1Nc2ncc(-c3ccco3)cc2C1=CNc1ccccc1CCO. The molecule has 0 saturated carbocycles. The second-order valence-corrected chi connectivity index (χ2v) is 5.88. The van der Waals surface area contributed by atoms with Gasteiger partial charge in [0.2, 0.25) is 0 Å². The lowest BCUT2D eigenvalue weighted by Gasteiger charge is -2.08. The Balaban J connectivity index is 1.67. The molecule has 3 heterocycles. The molecule has 0 atom stereocenters. The van der Waals surface area contributed by atoms with Gasteiger partial charge in [0.15, 0.2) is 0 Å². The number of furan rings is 1. The summed E-state index contributed by atoms with van der Waals surface area (Å²) in [6, 6.07) is 13.2. The molecule has 6 nitrogen and oxygen atoms in total. The Kier molecular flexibility index (Phi) is 4.25. The lowest BCUT2D eigenvalue weighted by molar-refractivity contribution is -0.110. The number of carbonyl (C=O) groups is 1. The highest BCUT2D eigenvalue weighted by Crippen LogP contribution is 2.33. The fourth-order valence-electron chi connectivity index (χ4n) is 2.94. The third-order valence-electron chi connectivity index (χ3n) is 4.23. The molecule has 4 rings (SSSR count). The van der Waals surface area contributed by atoms with Gasteiger partial charge in [-0.05, 0) is 36.2 Å². The zero-order valence-electron chi connectivity index (χ0n) is 13.9. The van der Waals surface area contributed by atoms with E-state index in [2.05, 4.69) is 15.6 Å². The lowest BCUT2D eigenvalue weighted by Crippen LogP contribution is -2.06. The van der Waals surface area contributed by atoms with Crippen LogP contribution in [0.3, 0.4) is 0 Å². The second-order valence-electron chi connectivity index (χ2n) is 5.88. The summed E-state index contributed by atoms with van der Waals surface area (Å²) in [5, 5.41) is 15.1. The summed E-state index contributed by atoms with van der Waals surface area (Å²) in [6.07, 6.45) is 5.48. The predicted molar refractivity (Wildman–Crippen MR) is 99.4 cm³/mol. The molecule has 0 bridgehead atoms. The number of rotatable bonds is 5. The minimum Gasteiger partial charge on any atom is -0.464 e. The van der Waals surface area contributed by atoms with E-state index in [1.165, 1.54) is 0 Å². The molecule has 0 fully saturated rings. The number of aliphatic hydroxyl groups is 1. The van der Waals surface area contributed by atoms with Gasteiger partial charge in [-0.15, -0.1) is 0 Å². The van der Waals surface area contributed by atoms with E-state index in [1.807, 2.05) is 42.5 Å². The summed E-state index contributed by atoms with van der Waals surface area (Å²) in [5.74, 6) is 1.01. The van der Waals surface area contributed by atoms with Crippen LogP contribution in [0.25, 0.3) is 16.9 Å². The molecule has 1 aliphatic rings. The summed E-state index contributed by atoms with van der Waals surface area (Å²) in [7, 11) is 0. The molecule has 3 N–H and O–H groups in total. The highest BCUT2D eigenvalue weighted by molar-refractivity contribution is 6.31. The van der Waals surface area contributed by atoms with Crippen molar-refractivity contribution in [2.24, 2.45) is 0 Å². The Hall–Kier alpha value is -3.38. The van der Waals surface area contributed by atoms with Gasteiger partial charge in [-0.3, -0.25) is 4.79 Å². The molecule has 26 heavy (non-hydrogen) atoms. The number of hydrogen-bond acceptors (Lipinski definition) is 5. The van der Waals surface area contributed by atoms with Crippen LogP contribution >= 0.6 is 0 Å². The van der Waals surface area contributed by atoms with Gasteiger partial charge >= 0.3 is 0 Å². The van der Waals surface area contributed by atoms with Gasteiger partial charge < -0.3 is 20.2 Å². The third-order valence-corrected chi connectivity index (χ3v) is 4.23. The smallest absolute Gasteiger partial charge is 0.259 e. The van der Waals surface area contributed by atoms with Crippen molar-refractivity contribution in [3.8, 4) is 11.3 Å². The van der Waals surface area contributed by atoms with Crippen LogP contribution in [0.5, 0.6) is 0 Å². The highest BCUT2D eigenvalue weighted by Gasteiger charge is 2.26. The fraction of sp³-hybridized carbons (Fsp3) is 0.100. The van der Waals surface area contributed by atoms with Gasteiger partial charge in [-0.1, -0.05) is 18.2 Å². The van der Waals surface area contributed by atoms with Crippen molar-refractivity contribution >= 4 is 23.0 Å². The van der Waals surface area contributed by atoms with Crippen LogP contribution in [0.1, 0.15) is 11.1 Å². The molecule has 3 aromatic rings. The normalized spacial score (nSPS) is 14.3. The van der Waals surface area contributed by atoms with Crippen LogP contribution in [-0.4, -0.2) is 22.6 Å². The van der Waals surface area contributed by atoms with Gasteiger partial charge in [-0.25, -0.2) is 4.98 Å². The first-order valence-corrected chi connectivity index (χ1v) is 8.27. The highest BCUT2D eigenvalue weighted by atomic mass is 16.3. The van der Waals surface area contributed by atoms with Crippen LogP contribution in [-0.2, 0) is 11.2 Å². The fourth-order valence-corrected chi connectivity index (χ4v) is 2.94. The molecule has 0 unspecified atom stereocenters. The Morgan fingerprint density at radius 3 is 2.92 bits per heavy atom. The van der Waals surface area contributed by atoms with Gasteiger partial charge in [0.1, 0.15) is 11.6 Å². The number of aliphatic hydroxyl groups excluding tert-OH is 1. The van der Waals surface area contributed by atoms with E-state index < -0.39 is 0 Å². The first-order chi connectivity index (χ1) is 12.8. The number of amides is 1. The zero-order valence-corrected chi connectivity index (χ0v) is 13.9. The molecular weight excluding hydrogens is 330 g/mol. The molecule has 1 aliphatic heterocycles. The number of nitrogens with zero attached hydrogens (tertiary/aromatic N) is 1. The van der Waals surface area contributed by atoms with Crippen LogP contribution in [0, 0.1) is 0 Å². The zero-order chi connectivity index (χ0) is 17.9. The van der Waals surface area contributed by atoms with E-state index in [0.29, 0.717) is 23.6 Å². The van der Waals surface area contributed by atoms with E-state index in [-0.39, 0.29) is 12.5 Å². The van der Waals surface area contributed by atoms with Crippen molar-refractivity contribution in [3.05, 3.63) is 72.3 Å². The number of aromatic nitrogens is 1. The summed E-state index contributed by atoms with van der Waals surface area (Å²) < 4.78 is 5.41. The summed E-state index contributed by atoms with van der Waals surface area (Å²) in [5.41, 5.74) is 3.85. The molecule has 130 valence electrons. The average Bonchev–Trinajstić information content (AvgIpc) is 3.28. The monoisotopic (exact) mass is 347 g/mol. The Labute approximate surface area is 150 Å². The molecule has 0 saturated heterocycles. The van der Waals surface area contributed by atoms with Crippen molar-refractivity contribution in [1.82, 2.24) is 4.98 Å². The molecule has 1 aromatic carbocycles. The molecule has 0 spiro atoms. The third kappa shape index (κ3) is 2.98. The average molecular weight is 347 g/mol. The standard InChI is InChI=1S/C20H17N3O3/c24-8-7-13-4-1-2-5-17(13)21-12-16-15-10-14(18-6-3-9-26-18)11-22-19(15)23-20(16)25/h1-6,9-12,21,24H,7-8H2,(H,22,23,25). The van der Waals surface area contributed by atoms with Gasteiger partial charge in [-0.2, -0.15) is 0 Å². The minimum atomic E-state index is -0.212. The van der Waals surface area contributed by atoms with E-state index in [9.17, 15) is 9.90 Å². The minimum absolute atomic E-state index is 0.0645. The Morgan fingerprint density at radius 1 is 1.23 bits per heavy atom. The summed E-state index contributed by atoms with van der Waals surface area (Å²) >= 11 is 0. The van der Waals surface area contributed by atoms with Gasteiger partial charge in [0.25, 0.3) is 5.91 Å². The number of benzene rings is 1. The summed E-state index contributed by atoms with van der Waals surface area (Å²) in [6.45, 7) is 0.0645. The molecule has 0 radical (unpaired) electrons. The van der Waals surface area contributed by atoms with Crippen LogP contribution in [0.4, 0.5) is 11.5 Å². The first-order valence-electron chi connectivity index (χ1n) is 8.27. The molecule has 2 aromatic heterocycles. The number of hydrogen-bond donors (Lipinski definition) is 3. The number of fused-ring (bicyclic) bond motifs is 1. The van der Waals surface area contributed by atoms with Crippen LogP contribution in [0.2, 0.25) is 0 Å². The number of nitrogens with one attached hydrogen (secondary N) is 2. The maximum atomic E-state index is 12.3. The molecule has 0 aliphatic carbocycles. The quantitative estimate of drug-likeness (QED) is 0.617. The van der Waals surface area contributed by atoms with E-state index in [4.69, 9.17) is 4.42 Å². The second kappa shape index (κ2) is 6.85. The maximum Gasteiger partial charge on any atom is 0.259 e.